The van der Waals surface area contributed by atoms with E-state index in [9.17, 15) is 4.39 Å². The molecule has 1 unspecified atom stereocenters. The van der Waals surface area contributed by atoms with Crippen LogP contribution in [0, 0.1) is 5.82 Å². The highest BCUT2D eigenvalue weighted by Crippen LogP contribution is 2.38. The molecular weight excluding hydrogens is 323 g/mol. The third-order valence-electron chi connectivity index (χ3n) is 3.24. The molecule has 0 fully saturated rings. The van der Waals surface area contributed by atoms with Crippen molar-refractivity contribution in [1.82, 2.24) is 0 Å². The van der Waals surface area contributed by atoms with E-state index < -0.39 is 0 Å². The summed E-state index contributed by atoms with van der Waals surface area (Å²) in [7, 11) is 0. The summed E-state index contributed by atoms with van der Waals surface area (Å²) < 4.78 is 25.1. The molecule has 0 spiro atoms. The highest BCUT2D eigenvalue weighted by Gasteiger charge is 2.17. The third-order valence-corrected chi connectivity index (χ3v) is 4.26. The van der Waals surface area contributed by atoms with Crippen molar-refractivity contribution in [3.63, 3.8) is 0 Å². The minimum atomic E-state index is -0.221. The van der Waals surface area contributed by atoms with Gasteiger partial charge in [-0.15, -0.1) is 0 Å². The second kappa shape index (κ2) is 5.83. The van der Waals surface area contributed by atoms with E-state index >= 15 is 0 Å². The molecule has 3 rings (SSSR count). The summed E-state index contributed by atoms with van der Waals surface area (Å²) in [5, 5.41) is 0. The zero-order chi connectivity index (χ0) is 13.9. The van der Waals surface area contributed by atoms with Crippen LogP contribution in [0.3, 0.4) is 0 Å². The van der Waals surface area contributed by atoms with Crippen LogP contribution in [-0.2, 0) is 0 Å². The minimum absolute atomic E-state index is 0.208. The maximum absolute atomic E-state index is 13.8. The number of ether oxygens (including phenoxy) is 2. The van der Waals surface area contributed by atoms with Crippen LogP contribution >= 0.6 is 15.9 Å². The van der Waals surface area contributed by atoms with Gasteiger partial charge in [0.2, 0.25) is 0 Å². The first kappa shape index (κ1) is 13.4. The minimum Gasteiger partial charge on any atom is -0.490 e. The Bertz CT molecular complexity index is 615. The molecule has 2 aromatic rings. The first-order chi connectivity index (χ1) is 9.75. The maximum atomic E-state index is 13.8. The topological polar surface area (TPSA) is 18.5 Å². The SMILES string of the molecule is Fc1ccccc1C(Br)c1ccc2c(c1)OCCCO2. The van der Waals surface area contributed by atoms with Crippen molar-refractivity contribution in [2.75, 3.05) is 13.2 Å². The number of hydrogen-bond acceptors (Lipinski definition) is 2. The molecule has 0 saturated heterocycles. The van der Waals surface area contributed by atoms with E-state index in [2.05, 4.69) is 15.9 Å². The summed E-state index contributed by atoms with van der Waals surface area (Å²) in [6, 6.07) is 12.5. The number of rotatable bonds is 2. The Morgan fingerprint density at radius 2 is 1.75 bits per heavy atom. The van der Waals surface area contributed by atoms with E-state index in [1.807, 2.05) is 24.3 Å². The van der Waals surface area contributed by atoms with E-state index in [0.29, 0.717) is 18.8 Å². The molecule has 0 radical (unpaired) electrons. The maximum Gasteiger partial charge on any atom is 0.161 e. The summed E-state index contributed by atoms with van der Waals surface area (Å²) in [5.41, 5.74) is 1.56. The fraction of sp³-hybridized carbons (Fsp3) is 0.250. The molecule has 104 valence electrons. The summed E-state index contributed by atoms with van der Waals surface area (Å²) in [4.78, 5) is -0.208. The standard InChI is InChI=1S/C16H14BrFO2/c17-16(12-4-1-2-5-13(12)18)11-6-7-14-15(10-11)20-9-3-8-19-14/h1-2,4-7,10,16H,3,8-9H2. The van der Waals surface area contributed by atoms with Crippen molar-refractivity contribution in [2.45, 2.75) is 11.2 Å². The number of benzene rings is 2. The molecule has 2 nitrogen and oxygen atoms in total. The predicted molar refractivity (Wildman–Crippen MR) is 79.2 cm³/mol. The Balaban J connectivity index is 1.94. The van der Waals surface area contributed by atoms with E-state index in [4.69, 9.17) is 9.47 Å². The quantitative estimate of drug-likeness (QED) is 0.753. The third kappa shape index (κ3) is 2.66. The molecule has 0 bridgehead atoms. The molecule has 20 heavy (non-hydrogen) atoms. The first-order valence-corrected chi connectivity index (χ1v) is 7.45. The zero-order valence-corrected chi connectivity index (χ0v) is 12.4. The smallest absolute Gasteiger partial charge is 0.161 e. The first-order valence-electron chi connectivity index (χ1n) is 6.54. The van der Waals surface area contributed by atoms with Crippen molar-refractivity contribution < 1.29 is 13.9 Å². The fourth-order valence-electron chi connectivity index (χ4n) is 2.20. The molecule has 0 aromatic heterocycles. The molecule has 0 N–H and O–H groups in total. The number of alkyl halides is 1. The van der Waals surface area contributed by atoms with E-state index in [1.54, 1.807) is 12.1 Å². The van der Waals surface area contributed by atoms with Crippen molar-refractivity contribution in [2.24, 2.45) is 0 Å². The Hall–Kier alpha value is -1.55. The molecule has 0 amide bonds. The summed E-state index contributed by atoms with van der Waals surface area (Å²) in [6.45, 7) is 1.31. The zero-order valence-electron chi connectivity index (χ0n) is 10.8. The molecule has 0 saturated carbocycles. The van der Waals surface area contributed by atoms with Crippen molar-refractivity contribution >= 4 is 15.9 Å². The molecular formula is C16H14BrFO2. The van der Waals surface area contributed by atoms with Gasteiger partial charge in [0.25, 0.3) is 0 Å². The van der Waals surface area contributed by atoms with Gasteiger partial charge in [0.05, 0.1) is 18.0 Å². The van der Waals surface area contributed by atoms with Crippen LogP contribution in [0.15, 0.2) is 42.5 Å². The van der Waals surface area contributed by atoms with Gasteiger partial charge in [-0.25, -0.2) is 4.39 Å². The van der Waals surface area contributed by atoms with Crippen LogP contribution in [0.2, 0.25) is 0 Å². The lowest BCUT2D eigenvalue weighted by atomic mass is 10.0. The normalized spacial score (nSPS) is 15.5. The van der Waals surface area contributed by atoms with Gasteiger partial charge >= 0.3 is 0 Å². The molecule has 1 aliphatic heterocycles. The van der Waals surface area contributed by atoms with Gasteiger partial charge in [-0.2, -0.15) is 0 Å². The molecule has 2 aromatic carbocycles. The second-order valence-corrected chi connectivity index (χ2v) is 5.56. The van der Waals surface area contributed by atoms with Crippen molar-refractivity contribution in [3.05, 3.63) is 59.4 Å². The lowest BCUT2D eigenvalue weighted by Crippen LogP contribution is -1.98. The average molecular weight is 337 g/mol. The van der Waals surface area contributed by atoms with E-state index in [-0.39, 0.29) is 10.6 Å². The predicted octanol–water partition coefficient (Wildman–Crippen LogP) is 4.47. The van der Waals surface area contributed by atoms with E-state index in [0.717, 1.165) is 23.5 Å². The van der Waals surface area contributed by atoms with Gasteiger partial charge in [-0.05, 0) is 23.8 Å². The monoisotopic (exact) mass is 336 g/mol. The van der Waals surface area contributed by atoms with Crippen LogP contribution < -0.4 is 9.47 Å². The van der Waals surface area contributed by atoms with Crippen LogP contribution in [0.4, 0.5) is 4.39 Å². The lowest BCUT2D eigenvalue weighted by molar-refractivity contribution is 0.297. The molecule has 1 heterocycles. The number of halogens is 2. The van der Waals surface area contributed by atoms with Gasteiger partial charge in [-0.1, -0.05) is 40.2 Å². The molecule has 0 aliphatic carbocycles. The lowest BCUT2D eigenvalue weighted by Gasteiger charge is -2.14. The van der Waals surface area contributed by atoms with Gasteiger partial charge in [0, 0.05) is 12.0 Å². The van der Waals surface area contributed by atoms with Crippen LogP contribution in [0.25, 0.3) is 0 Å². The highest BCUT2D eigenvalue weighted by molar-refractivity contribution is 9.09. The van der Waals surface area contributed by atoms with Crippen molar-refractivity contribution in [1.29, 1.82) is 0 Å². The van der Waals surface area contributed by atoms with Crippen LogP contribution in [0.1, 0.15) is 22.4 Å². The Morgan fingerprint density at radius 1 is 1.00 bits per heavy atom. The Labute approximate surface area is 125 Å². The molecule has 1 atom stereocenters. The molecule has 4 heteroatoms. The van der Waals surface area contributed by atoms with E-state index in [1.165, 1.54) is 6.07 Å². The molecule has 1 aliphatic rings. The van der Waals surface area contributed by atoms with Gasteiger partial charge in [0.15, 0.2) is 11.5 Å². The van der Waals surface area contributed by atoms with Crippen molar-refractivity contribution in [3.8, 4) is 11.5 Å². The number of hydrogen-bond donors (Lipinski definition) is 0. The second-order valence-electron chi connectivity index (χ2n) is 4.64. The highest BCUT2D eigenvalue weighted by atomic mass is 79.9. The van der Waals surface area contributed by atoms with Gasteiger partial charge < -0.3 is 9.47 Å². The average Bonchev–Trinajstić information content (AvgIpc) is 2.71. The summed E-state index contributed by atoms with van der Waals surface area (Å²) in [6.07, 6.45) is 0.870. The summed E-state index contributed by atoms with van der Waals surface area (Å²) in [5.74, 6) is 1.25. The largest absolute Gasteiger partial charge is 0.490 e. The van der Waals surface area contributed by atoms with Gasteiger partial charge in [0.1, 0.15) is 5.82 Å². The summed E-state index contributed by atoms with van der Waals surface area (Å²) >= 11 is 3.56. The fourth-order valence-corrected chi connectivity index (χ4v) is 2.85. The van der Waals surface area contributed by atoms with Crippen LogP contribution in [-0.4, -0.2) is 13.2 Å². The van der Waals surface area contributed by atoms with Crippen LogP contribution in [0.5, 0.6) is 11.5 Å². The van der Waals surface area contributed by atoms with Gasteiger partial charge in [-0.3, -0.25) is 0 Å². The Kier molecular flexibility index (Phi) is 3.92. The Morgan fingerprint density at radius 3 is 2.55 bits per heavy atom. The number of fused-ring (bicyclic) bond motifs is 1.